The summed E-state index contributed by atoms with van der Waals surface area (Å²) in [5, 5.41) is 11.3. The SMILES string of the molecule is COc1cc(C(=O)NCC(c2cc3c(c(-c4ccccc4)n2)OCC3N)C(F)(F)F)ccc1OCCO. The van der Waals surface area contributed by atoms with Crippen LogP contribution in [-0.2, 0) is 0 Å². The number of benzene rings is 2. The van der Waals surface area contributed by atoms with Gasteiger partial charge in [-0.2, -0.15) is 13.2 Å². The number of amides is 1. The zero-order chi connectivity index (χ0) is 26.6. The van der Waals surface area contributed by atoms with E-state index in [1.54, 1.807) is 30.3 Å². The number of hydrogen-bond acceptors (Lipinski definition) is 7. The molecule has 3 aromatic rings. The molecule has 4 rings (SSSR count). The summed E-state index contributed by atoms with van der Waals surface area (Å²) in [6, 6.07) is 13.6. The largest absolute Gasteiger partial charge is 0.493 e. The molecule has 11 heteroatoms. The van der Waals surface area contributed by atoms with Gasteiger partial charge in [0.25, 0.3) is 5.91 Å². The molecular formula is C26H26F3N3O5. The summed E-state index contributed by atoms with van der Waals surface area (Å²) in [6.07, 6.45) is -4.70. The lowest BCUT2D eigenvalue weighted by atomic mass is 9.97. The lowest BCUT2D eigenvalue weighted by Crippen LogP contribution is -2.35. The lowest BCUT2D eigenvalue weighted by Gasteiger charge is -2.22. The van der Waals surface area contributed by atoms with Gasteiger partial charge in [-0.3, -0.25) is 4.79 Å². The zero-order valence-corrected chi connectivity index (χ0v) is 19.9. The van der Waals surface area contributed by atoms with E-state index in [9.17, 15) is 18.0 Å². The number of halogens is 3. The van der Waals surface area contributed by atoms with E-state index in [0.29, 0.717) is 16.9 Å². The Kier molecular flexibility index (Phi) is 7.84. The Morgan fingerprint density at radius 3 is 2.65 bits per heavy atom. The number of aliphatic hydroxyl groups excluding tert-OH is 1. The van der Waals surface area contributed by atoms with Crippen molar-refractivity contribution < 1.29 is 37.3 Å². The highest BCUT2D eigenvalue weighted by Crippen LogP contribution is 2.43. The molecule has 1 aliphatic heterocycles. The number of nitrogens with two attached hydrogens (primary N) is 1. The van der Waals surface area contributed by atoms with Gasteiger partial charge in [0.15, 0.2) is 17.2 Å². The molecule has 196 valence electrons. The number of rotatable bonds is 9. The minimum Gasteiger partial charge on any atom is -0.493 e. The summed E-state index contributed by atoms with van der Waals surface area (Å²) < 4.78 is 58.8. The van der Waals surface area contributed by atoms with Crippen LogP contribution in [0.5, 0.6) is 17.2 Å². The average Bonchev–Trinajstić information content (AvgIpc) is 3.27. The Labute approximate surface area is 211 Å². The van der Waals surface area contributed by atoms with E-state index < -0.39 is 30.6 Å². The fourth-order valence-electron chi connectivity index (χ4n) is 4.00. The van der Waals surface area contributed by atoms with E-state index in [4.69, 9.17) is 25.1 Å². The van der Waals surface area contributed by atoms with Gasteiger partial charge in [0.2, 0.25) is 0 Å². The number of carbonyl (C=O) groups excluding carboxylic acids is 1. The maximum atomic E-state index is 14.2. The summed E-state index contributed by atoms with van der Waals surface area (Å²) in [6.45, 7) is -0.816. The van der Waals surface area contributed by atoms with Crippen LogP contribution in [0.2, 0.25) is 0 Å². The van der Waals surface area contributed by atoms with E-state index in [0.717, 1.165) is 0 Å². The van der Waals surface area contributed by atoms with Crippen LogP contribution in [0.25, 0.3) is 11.3 Å². The third-order valence-corrected chi connectivity index (χ3v) is 5.87. The number of alkyl halides is 3. The molecule has 37 heavy (non-hydrogen) atoms. The molecule has 8 nitrogen and oxygen atoms in total. The van der Waals surface area contributed by atoms with Crippen molar-refractivity contribution >= 4 is 5.91 Å². The molecule has 1 amide bonds. The summed E-state index contributed by atoms with van der Waals surface area (Å²) in [4.78, 5) is 17.1. The number of carbonyl (C=O) groups is 1. The number of nitrogens with one attached hydrogen (secondary N) is 1. The number of aliphatic hydroxyl groups is 1. The average molecular weight is 518 g/mol. The second-order valence-corrected chi connectivity index (χ2v) is 8.34. The fourth-order valence-corrected chi connectivity index (χ4v) is 4.00. The van der Waals surface area contributed by atoms with Crippen LogP contribution in [0.4, 0.5) is 13.2 Å². The summed E-state index contributed by atoms with van der Waals surface area (Å²) in [7, 11) is 1.36. The van der Waals surface area contributed by atoms with E-state index in [1.807, 2.05) is 0 Å². The molecule has 2 atom stereocenters. The predicted molar refractivity (Wildman–Crippen MR) is 129 cm³/mol. The third-order valence-electron chi connectivity index (χ3n) is 5.87. The van der Waals surface area contributed by atoms with E-state index >= 15 is 0 Å². The topological polar surface area (TPSA) is 116 Å². The van der Waals surface area contributed by atoms with Crippen LogP contribution >= 0.6 is 0 Å². The first-order chi connectivity index (χ1) is 17.7. The molecule has 2 unspecified atom stereocenters. The summed E-state index contributed by atoms with van der Waals surface area (Å²) >= 11 is 0. The van der Waals surface area contributed by atoms with Crippen molar-refractivity contribution in [1.29, 1.82) is 0 Å². The molecule has 1 aromatic heterocycles. The van der Waals surface area contributed by atoms with Crippen LogP contribution in [-0.4, -0.2) is 55.6 Å². The third kappa shape index (κ3) is 5.78. The van der Waals surface area contributed by atoms with Crippen LogP contribution in [0.1, 0.15) is 33.6 Å². The van der Waals surface area contributed by atoms with Gasteiger partial charge < -0.3 is 30.4 Å². The normalized spacial score (nSPS) is 15.5. The van der Waals surface area contributed by atoms with Crippen molar-refractivity contribution in [3.8, 4) is 28.5 Å². The molecule has 0 spiro atoms. The fraction of sp³-hybridized carbons (Fsp3) is 0.308. The molecule has 4 N–H and O–H groups in total. The van der Waals surface area contributed by atoms with Crippen molar-refractivity contribution in [2.45, 2.75) is 18.1 Å². The van der Waals surface area contributed by atoms with E-state index in [2.05, 4.69) is 10.3 Å². The van der Waals surface area contributed by atoms with Gasteiger partial charge >= 0.3 is 6.18 Å². The van der Waals surface area contributed by atoms with Gasteiger partial charge in [-0.15, -0.1) is 0 Å². The van der Waals surface area contributed by atoms with E-state index in [1.165, 1.54) is 31.4 Å². The highest BCUT2D eigenvalue weighted by Gasteiger charge is 2.43. The number of methoxy groups -OCH3 is 1. The van der Waals surface area contributed by atoms with Crippen molar-refractivity contribution in [1.82, 2.24) is 10.3 Å². The first-order valence-electron chi connectivity index (χ1n) is 11.5. The van der Waals surface area contributed by atoms with Crippen LogP contribution in [0, 0.1) is 0 Å². The number of hydrogen-bond donors (Lipinski definition) is 3. The monoisotopic (exact) mass is 517 g/mol. The number of nitrogens with zero attached hydrogens (tertiary/aromatic N) is 1. The molecular weight excluding hydrogens is 491 g/mol. The number of fused-ring (bicyclic) bond motifs is 1. The summed E-state index contributed by atoms with van der Waals surface area (Å²) in [5.41, 5.74) is 7.21. The molecule has 0 saturated carbocycles. The predicted octanol–water partition coefficient (Wildman–Crippen LogP) is 3.60. The van der Waals surface area contributed by atoms with Crippen molar-refractivity contribution in [3.05, 3.63) is 71.4 Å². The molecule has 0 aliphatic carbocycles. The number of pyridine rings is 1. The van der Waals surface area contributed by atoms with Crippen LogP contribution < -0.4 is 25.3 Å². The molecule has 0 radical (unpaired) electrons. The van der Waals surface area contributed by atoms with Gasteiger partial charge in [-0.1, -0.05) is 30.3 Å². The highest BCUT2D eigenvalue weighted by molar-refractivity contribution is 5.95. The first-order valence-corrected chi connectivity index (χ1v) is 11.5. The molecule has 2 aromatic carbocycles. The number of aromatic nitrogens is 1. The Morgan fingerprint density at radius 1 is 1.22 bits per heavy atom. The molecule has 0 saturated heterocycles. The van der Waals surface area contributed by atoms with Crippen LogP contribution in [0.15, 0.2) is 54.6 Å². The second kappa shape index (κ2) is 11.1. The standard InChI is InChI=1S/C26H26F3N3O5/c1-35-22-11-16(7-8-21(22)36-10-9-33)25(34)31-13-18(26(27,28)29)20-12-17-19(30)14-37-24(17)23(32-20)15-5-3-2-4-6-15/h2-8,11-12,18-19,33H,9-10,13-14,30H2,1H3,(H,31,34). The van der Waals surface area contributed by atoms with E-state index in [-0.39, 0.29) is 48.3 Å². The van der Waals surface area contributed by atoms with Gasteiger partial charge in [0.05, 0.1) is 25.5 Å². The quantitative estimate of drug-likeness (QED) is 0.397. The minimum absolute atomic E-state index is 0.0165. The highest BCUT2D eigenvalue weighted by atomic mass is 19.4. The van der Waals surface area contributed by atoms with Gasteiger partial charge in [-0.05, 0) is 24.3 Å². The molecule has 0 fully saturated rings. The zero-order valence-electron chi connectivity index (χ0n) is 19.9. The lowest BCUT2D eigenvalue weighted by molar-refractivity contribution is -0.149. The van der Waals surface area contributed by atoms with Crippen molar-refractivity contribution in [2.75, 3.05) is 33.5 Å². The van der Waals surface area contributed by atoms with Crippen molar-refractivity contribution in [2.24, 2.45) is 5.73 Å². The second-order valence-electron chi connectivity index (χ2n) is 8.34. The van der Waals surface area contributed by atoms with Crippen LogP contribution in [0.3, 0.4) is 0 Å². The molecule has 1 aliphatic rings. The smallest absolute Gasteiger partial charge is 0.398 e. The molecule has 0 bridgehead atoms. The number of ether oxygens (including phenoxy) is 3. The Morgan fingerprint density at radius 2 is 1.97 bits per heavy atom. The van der Waals surface area contributed by atoms with Gasteiger partial charge in [0.1, 0.15) is 24.8 Å². The molecule has 2 heterocycles. The van der Waals surface area contributed by atoms with Crippen molar-refractivity contribution in [3.63, 3.8) is 0 Å². The van der Waals surface area contributed by atoms with Gasteiger partial charge in [-0.25, -0.2) is 4.98 Å². The minimum atomic E-state index is -4.70. The Hall–Kier alpha value is -3.83. The Balaban J connectivity index is 1.62. The maximum absolute atomic E-state index is 14.2. The van der Waals surface area contributed by atoms with Gasteiger partial charge in [0, 0.05) is 23.2 Å². The maximum Gasteiger partial charge on any atom is 0.398 e. The summed E-state index contributed by atoms with van der Waals surface area (Å²) in [5.74, 6) is -1.97. The Bertz CT molecular complexity index is 1250. The first kappa shape index (κ1) is 26.2.